The molecule has 7 nitrogen and oxygen atoms in total. The Labute approximate surface area is 175 Å². The Balaban J connectivity index is 2.18. The summed E-state index contributed by atoms with van der Waals surface area (Å²) in [5.41, 5.74) is 2.79. The molecule has 7 heteroatoms. The van der Waals surface area contributed by atoms with Crippen LogP contribution in [-0.2, 0) is 14.3 Å². The Hall–Kier alpha value is -3.06. The van der Waals surface area contributed by atoms with E-state index in [1.54, 1.807) is 36.4 Å². The molecule has 3 aromatic rings. The van der Waals surface area contributed by atoms with E-state index < -0.39 is 24.0 Å². The zero-order valence-electron chi connectivity index (χ0n) is 17.6. The van der Waals surface area contributed by atoms with Crippen LogP contribution in [0.4, 0.5) is 0 Å². The number of ether oxygens (including phenoxy) is 2. The predicted octanol–water partition coefficient (Wildman–Crippen LogP) is 3.62. The highest BCUT2D eigenvalue weighted by Crippen LogP contribution is 2.31. The van der Waals surface area contributed by atoms with Crippen molar-refractivity contribution in [2.75, 3.05) is 14.2 Å². The van der Waals surface area contributed by atoms with Gasteiger partial charge < -0.3 is 14.6 Å². The van der Waals surface area contributed by atoms with Crippen molar-refractivity contribution in [2.45, 2.75) is 38.7 Å². The van der Waals surface area contributed by atoms with Gasteiger partial charge in [-0.1, -0.05) is 32.0 Å². The molecule has 0 aliphatic rings. The molecular weight excluding hydrogens is 384 g/mol. The van der Waals surface area contributed by atoms with Crippen LogP contribution < -0.4 is 0 Å². The molecule has 0 bridgehead atoms. The summed E-state index contributed by atoms with van der Waals surface area (Å²) in [4.78, 5) is 34.0. The molecule has 0 fully saturated rings. The van der Waals surface area contributed by atoms with E-state index in [0.717, 1.165) is 6.42 Å². The van der Waals surface area contributed by atoms with Gasteiger partial charge >= 0.3 is 11.9 Å². The lowest BCUT2D eigenvalue weighted by atomic mass is 9.88. The van der Waals surface area contributed by atoms with Crippen LogP contribution in [0.25, 0.3) is 22.1 Å². The third-order valence-electron chi connectivity index (χ3n) is 5.15. The van der Waals surface area contributed by atoms with E-state index in [4.69, 9.17) is 9.47 Å². The number of nitrogens with zero attached hydrogens (tertiary/aromatic N) is 2. The second kappa shape index (κ2) is 9.17. The summed E-state index contributed by atoms with van der Waals surface area (Å²) in [6.07, 6.45) is 0.321. The van der Waals surface area contributed by atoms with Crippen molar-refractivity contribution in [3.63, 3.8) is 0 Å². The number of esters is 2. The molecule has 1 N–H and O–H groups in total. The Bertz CT molecular complexity index is 1080. The van der Waals surface area contributed by atoms with Gasteiger partial charge in [-0.25, -0.2) is 14.8 Å². The minimum Gasteiger partial charge on any atom is -0.468 e. The fourth-order valence-electron chi connectivity index (χ4n) is 3.56. The zero-order valence-corrected chi connectivity index (χ0v) is 17.6. The van der Waals surface area contributed by atoms with Gasteiger partial charge in [-0.15, -0.1) is 0 Å². The number of fused-ring (bicyclic) bond motifs is 2. The molecule has 1 aromatic heterocycles. The van der Waals surface area contributed by atoms with Crippen molar-refractivity contribution in [1.29, 1.82) is 0 Å². The van der Waals surface area contributed by atoms with E-state index in [1.807, 2.05) is 0 Å². The first-order valence-electron chi connectivity index (χ1n) is 9.91. The second-order valence-corrected chi connectivity index (χ2v) is 7.64. The number of aliphatic hydroxyl groups is 1. The molecule has 0 saturated heterocycles. The van der Waals surface area contributed by atoms with Crippen LogP contribution in [-0.4, -0.2) is 47.3 Å². The number of para-hydroxylation sites is 2. The summed E-state index contributed by atoms with van der Waals surface area (Å²) in [5.74, 6) is -1.51. The third-order valence-corrected chi connectivity index (χ3v) is 5.15. The lowest BCUT2D eigenvalue weighted by molar-refractivity contribution is -0.145. The number of rotatable bonds is 7. The van der Waals surface area contributed by atoms with Crippen LogP contribution >= 0.6 is 0 Å². The maximum Gasteiger partial charge on any atom is 0.340 e. The number of carbonyl (C=O) groups excluding carboxylic acids is 2. The van der Waals surface area contributed by atoms with Gasteiger partial charge in [0.2, 0.25) is 0 Å². The first kappa shape index (κ1) is 21.6. The van der Waals surface area contributed by atoms with Gasteiger partial charge in [0.05, 0.1) is 42.4 Å². The van der Waals surface area contributed by atoms with Crippen molar-refractivity contribution >= 4 is 34.0 Å². The topological polar surface area (TPSA) is 98.6 Å². The molecule has 0 amide bonds. The second-order valence-electron chi connectivity index (χ2n) is 7.64. The summed E-state index contributed by atoms with van der Waals surface area (Å²) in [5, 5.41) is 10.8. The highest BCUT2D eigenvalue weighted by Gasteiger charge is 2.31. The van der Waals surface area contributed by atoms with Gasteiger partial charge in [-0.05, 0) is 42.5 Å². The van der Waals surface area contributed by atoms with Gasteiger partial charge in [-0.2, -0.15) is 0 Å². The molecule has 0 aliphatic carbocycles. The SMILES string of the molecule is COC(=O)c1cccc2nc3c(C(C(=O)OC)C(O)CCC(C)C)cccc3nc12. The average Bonchev–Trinajstić information content (AvgIpc) is 2.75. The highest BCUT2D eigenvalue weighted by molar-refractivity contribution is 6.03. The first-order valence-corrected chi connectivity index (χ1v) is 9.91. The molecule has 0 aliphatic heterocycles. The maximum absolute atomic E-state index is 12.6. The molecular formula is C23H26N2O5. The quantitative estimate of drug-likeness (QED) is 0.469. The summed E-state index contributed by atoms with van der Waals surface area (Å²) in [7, 11) is 2.62. The molecule has 0 spiro atoms. The van der Waals surface area contributed by atoms with Crippen molar-refractivity contribution in [3.05, 3.63) is 47.5 Å². The molecule has 0 saturated carbocycles. The van der Waals surface area contributed by atoms with Crippen LogP contribution in [0.5, 0.6) is 0 Å². The van der Waals surface area contributed by atoms with Crippen LogP contribution in [0, 0.1) is 5.92 Å². The van der Waals surface area contributed by atoms with Gasteiger partial charge in [-0.3, -0.25) is 4.79 Å². The van der Waals surface area contributed by atoms with Crippen LogP contribution in [0.3, 0.4) is 0 Å². The monoisotopic (exact) mass is 410 g/mol. The molecule has 158 valence electrons. The van der Waals surface area contributed by atoms with Gasteiger partial charge in [0.1, 0.15) is 11.4 Å². The minimum atomic E-state index is -0.913. The number of hydrogen-bond acceptors (Lipinski definition) is 7. The Morgan fingerprint density at radius 1 is 0.933 bits per heavy atom. The number of aromatic nitrogens is 2. The van der Waals surface area contributed by atoms with Gasteiger partial charge in [0.25, 0.3) is 0 Å². The lowest BCUT2D eigenvalue weighted by Crippen LogP contribution is -2.28. The van der Waals surface area contributed by atoms with E-state index in [2.05, 4.69) is 23.8 Å². The first-order chi connectivity index (χ1) is 14.4. The third kappa shape index (κ3) is 4.26. The van der Waals surface area contributed by atoms with E-state index in [0.29, 0.717) is 45.5 Å². The minimum absolute atomic E-state index is 0.316. The Morgan fingerprint density at radius 3 is 2.20 bits per heavy atom. The smallest absolute Gasteiger partial charge is 0.340 e. The molecule has 0 radical (unpaired) electrons. The number of benzene rings is 2. The highest BCUT2D eigenvalue weighted by atomic mass is 16.5. The number of carbonyl (C=O) groups is 2. The largest absolute Gasteiger partial charge is 0.468 e. The van der Waals surface area contributed by atoms with E-state index in [9.17, 15) is 14.7 Å². The van der Waals surface area contributed by atoms with E-state index >= 15 is 0 Å². The van der Waals surface area contributed by atoms with E-state index in [-0.39, 0.29) is 0 Å². The van der Waals surface area contributed by atoms with Crippen molar-refractivity contribution in [1.82, 2.24) is 9.97 Å². The fourth-order valence-corrected chi connectivity index (χ4v) is 3.56. The molecule has 2 aromatic carbocycles. The van der Waals surface area contributed by atoms with Crippen LogP contribution in [0.2, 0.25) is 0 Å². The Kier molecular flexibility index (Phi) is 6.62. The molecule has 30 heavy (non-hydrogen) atoms. The van der Waals surface area contributed by atoms with Gasteiger partial charge in [0.15, 0.2) is 0 Å². The van der Waals surface area contributed by atoms with Crippen LogP contribution in [0.15, 0.2) is 36.4 Å². The van der Waals surface area contributed by atoms with Crippen molar-refractivity contribution in [3.8, 4) is 0 Å². The molecule has 2 atom stereocenters. The van der Waals surface area contributed by atoms with Crippen LogP contribution in [0.1, 0.15) is 48.5 Å². The van der Waals surface area contributed by atoms with E-state index in [1.165, 1.54) is 14.2 Å². The van der Waals surface area contributed by atoms with Crippen molar-refractivity contribution < 1.29 is 24.2 Å². The number of aliphatic hydroxyl groups excluding tert-OH is 1. The Morgan fingerprint density at radius 2 is 1.57 bits per heavy atom. The summed E-state index contributed by atoms with van der Waals surface area (Å²) in [6, 6.07) is 10.3. The summed E-state index contributed by atoms with van der Waals surface area (Å²) in [6.45, 7) is 4.13. The fraction of sp³-hybridized carbons (Fsp3) is 0.391. The molecule has 1 heterocycles. The standard InChI is InChI=1S/C23H26N2O5/c1-13(2)11-12-18(26)19(23(28)30-4)14-7-5-9-16-20(14)24-17-10-6-8-15(21(17)25-16)22(27)29-3/h5-10,13,18-19,26H,11-12H2,1-4H3. The predicted molar refractivity (Wildman–Crippen MR) is 113 cm³/mol. The van der Waals surface area contributed by atoms with Gasteiger partial charge in [0, 0.05) is 0 Å². The average molecular weight is 410 g/mol. The lowest BCUT2D eigenvalue weighted by Gasteiger charge is -2.22. The summed E-state index contributed by atoms with van der Waals surface area (Å²) >= 11 is 0. The molecule has 3 rings (SSSR count). The number of methoxy groups -OCH3 is 2. The maximum atomic E-state index is 12.6. The number of hydrogen-bond donors (Lipinski definition) is 1. The zero-order chi connectivity index (χ0) is 21.8. The normalized spacial score (nSPS) is 13.4. The van der Waals surface area contributed by atoms with Crippen molar-refractivity contribution in [2.24, 2.45) is 5.92 Å². The molecule has 2 unspecified atom stereocenters. The summed E-state index contributed by atoms with van der Waals surface area (Å²) < 4.78 is 9.83.